The van der Waals surface area contributed by atoms with Crippen molar-refractivity contribution in [2.45, 2.75) is 63.6 Å². The molecular formula is C33H38Cl2N2O3S2. The molecule has 3 aromatic rings. The predicted molar refractivity (Wildman–Crippen MR) is 173 cm³/mol. The second kappa shape index (κ2) is 12.8. The molecule has 0 bridgehead atoms. The standard InChI is InChI=1S/C33H38Cl2N2O3S2/c1-4-17-33(5-2)20-29(25-8-6-9-27(35)19-25)31(24-13-15-26(34)16-14-24)37(32(33)38)30(23-11-12-23)22-36(42(3,39)40)21-28-10-7-18-41-28/h4,6-10,13-16,18-19,23,29-31H,1,5,11-12,17,20-22H2,2-3H3/t29-,30-,31?,33?/m1/s1. The Balaban J connectivity index is 1.67. The van der Waals surface area contributed by atoms with Crippen molar-refractivity contribution < 1.29 is 13.2 Å². The van der Waals surface area contributed by atoms with E-state index in [-0.39, 0.29) is 42.9 Å². The van der Waals surface area contributed by atoms with E-state index in [4.69, 9.17) is 23.2 Å². The Bertz CT molecular complexity index is 1510. The number of hydrogen-bond acceptors (Lipinski definition) is 4. The SMILES string of the molecule is C=CCC1(CC)C[C@H](c2cccc(Cl)c2)C(c2ccc(Cl)cc2)N([C@H](CN(Cc2cccs2)S(C)(=O)=O)C2CC2)C1=O. The number of sulfonamides is 1. The molecule has 1 saturated carbocycles. The molecule has 1 saturated heterocycles. The fourth-order valence-corrected chi connectivity index (χ4v) is 8.52. The van der Waals surface area contributed by atoms with E-state index in [0.717, 1.165) is 28.8 Å². The van der Waals surface area contributed by atoms with Gasteiger partial charge in [0, 0.05) is 40.0 Å². The zero-order valence-corrected chi connectivity index (χ0v) is 27.2. The average Bonchev–Trinajstić information content (AvgIpc) is 3.67. The van der Waals surface area contributed by atoms with Gasteiger partial charge in [-0.15, -0.1) is 17.9 Å². The number of allylic oxidation sites excluding steroid dienone is 1. The Morgan fingerprint density at radius 3 is 2.40 bits per heavy atom. The van der Waals surface area contributed by atoms with Crippen molar-refractivity contribution in [2.24, 2.45) is 11.3 Å². The van der Waals surface area contributed by atoms with Crippen molar-refractivity contribution in [1.29, 1.82) is 0 Å². The van der Waals surface area contributed by atoms with Crippen LogP contribution in [0.4, 0.5) is 0 Å². The molecule has 5 rings (SSSR count). The summed E-state index contributed by atoms with van der Waals surface area (Å²) in [5, 5.41) is 3.23. The largest absolute Gasteiger partial charge is 0.330 e. The van der Waals surface area contributed by atoms with Crippen molar-refractivity contribution >= 4 is 50.5 Å². The molecule has 9 heteroatoms. The molecule has 2 unspecified atom stereocenters. The first-order valence-electron chi connectivity index (χ1n) is 14.5. The molecule has 1 aliphatic heterocycles. The van der Waals surface area contributed by atoms with Gasteiger partial charge in [0.25, 0.3) is 0 Å². The van der Waals surface area contributed by atoms with Crippen molar-refractivity contribution in [3.05, 3.63) is 105 Å². The van der Waals surface area contributed by atoms with E-state index in [0.29, 0.717) is 29.3 Å². The van der Waals surface area contributed by atoms with Crippen LogP contribution in [0.3, 0.4) is 0 Å². The molecule has 42 heavy (non-hydrogen) atoms. The van der Waals surface area contributed by atoms with Crippen LogP contribution in [0.5, 0.6) is 0 Å². The summed E-state index contributed by atoms with van der Waals surface area (Å²) >= 11 is 14.4. The Labute approximate surface area is 264 Å². The third-order valence-corrected chi connectivity index (χ3v) is 11.5. The summed E-state index contributed by atoms with van der Waals surface area (Å²) in [5.41, 5.74) is 1.39. The van der Waals surface area contributed by atoms with Gasteiger partial charge in [0.1, 0.15) is 0 Å². The predicted octanol–water partition coefficient (Wildman–Crippen LogP) is 8.33. The minimum absolute atomic E-state index is 0.0623. The second-order valence-corrected chi connectivity index (χ2v) is 15.6. The topological polar surface area (TPSA) is 57.7 Å². The highest BCUT2D eigenvalue weighted by Gasteiger charge is 2.55. The molecule has 0 N–H and O–H groups in total. The molecule has 0 spiro atoms. The van der Waals surface area contributed by atoms with E-state index in [2.05, 4.69) is 24.5 Å². The summed E-state index contributed by atoms with van der Waals surface area (Å²) in [6.07, 6.45) is 6.88. The fourth-order valence-electron chi connectivity index (χ4n) is 6.60. The fraction of sp³-hybridized carbons (Fsp3) is 0.424. The summed E-state index contributed by atoms with van der Waals surface area (Å²) in [6.45, 7) is 6.63. The quantitative estimate of drug-likeness (QED) is 0.186. The molecule has 2 aliphatic rings. The first-order valence-corrected chi connectivity index (χ1v) is 18.0. The molecule has 4 atom stereocenters. The summed E-state index contributed by atoms with van der Waals surface area (Å²) in [5.74, 6) is 0.227. The van der Waals surface area contributed by atoms with Crippen LogP contribution in [0.25, 0.3) is 0 Å². The molecule has 1 aromatic heterocycles. The van der Waals surface area contributed by atoms with Gasteiger partial charge in [0.05, 0.1) is 17.7 Å². The zero-order chi connectivity index (χ0) is 30.1. The van der Waals surface area contributed by atoms with Crippen LogP contribution in [-0.2, 0) is 21.4 Å². The number of carbonyl (C=O) groups is 1. The highest BCUT2D eigenvalue weighted by atomic mass is 35.5. The number of piperidine rings is 1. The van der Waals surface area contributed by atoms with E-state index in [9.17, 15) is 13.2 Å². The Hall–Kier alpha value is -2.16. The number of carbonyl (C=O) groups excluding carboxylic acids is 1. The lowest BCUT2D eigenvalue weighted by molar-refractivity contribution is -0.157. The van der Waals surface area contributed by atoms with Gasteiger partial charge in [-0.1, -0.05) is 66.5 Å². The van der Waals surface area contributed by atoms with Gasteiger partial charge < -0.3 is 4.90 Å². The van der Waals surface area contributed by atoms with Crippen LogP contribution >= 0.6 is 34.5 Å². The summed E-state index contributed by atoms with van der Waals surface area (Å²) in [7, 11) is -3.55. The normalized spacial score (nSPS) is 23.7. The van der Waals surface area contributed by atoms with E-state index >= 15 is 0 Å². The molecule has 224 valence electrons. The number of amides is 1. The zero-order valence-electron chi connectivity index (χ0n) is 24.1. The molecular weight excluding hydrogens is 607 g/mol. The molecule has 2 heterocycles. The average molecular weight is 646 g/mol. The monoisotopic (exact) mass is 644 g/mol. The maximum atomic E-state index is 14.9. The third kappa shape index (κ3) is 6.66. The van der Waals surface area contributed by atoms with Crippen molar-refractivity contribution in [2.75, 3.05) is 12.8 Å². The van der Waals surface area contributed by atoms with Gasteiger partial charge in [-0.2, -0.15) is 4.31 Å². The van der Waals surface area contributed by atoms with Crippen molar-refractivity contribution in [3.63, 3.8) is 0 Å². The van der Waals surface area contributed by atoms with Gasteiger partial charge in [-0.05, 0) is 84.9 Å². The summed E-state index contributed by atoms with van der Waals surface area (Å²) < 4.78 is 27.9. The van der Waals surface area contributed by atoms with Gasteiger partial charge >= 0.3 is 0 Å². The Morgan fingerprint density at radius 2 is 1.83 bits per heavy atom. The highest BCUT2D eigenvalue weighted by molar-refractivity contribution is 7.88. The maximum Gasteiger partial charge on any atom is 0.229 e. The van der Waals surface area contributed by atoms with Crippen LogP contribution in [0.15, 0.2) is 78.7 Å². The van der Waals surface area contributed by atoms with E-state index in [1.54, 1.807) is 4.31 Å². The Kier molecular flexibility index (Phi) is 9.55. The first kappa shape index (κ1) is 31.3. The van der Waals surface area contributed by atoms with Gasteiger partial charge in [-0.3, -0.25) is 4.79 Å². The minimum atomic E-state index is -3.55. The van der Waals surface area contributed by atoms with Gasteiger partial charge in [-0.25, -0.2) is 8.42 Å². The number of hydrogen-bond donors (Lipinski definition) is 0. The third-order valence-electron chi connectivity index (χ3n) is 8.98. The van der Waals surface area contributed by atoms with Crippen LogP contribution < -0.4 is 0 Å². The van der Waals surface area contributed by atoms with Crippen LogP contribution in [0.1, 0.15) is 67.0 Å². The molecule has 1 aliphatic carbocycles. The highest BCUT2D eigenvalue weighted by Crippen LogP contribution is 2.55. The van der Waals surface area contributed by atoms with Crippen molar-refractivity contribution in [1.82, 2.24) is 9.21 Å². The van der Waals surface area contributed by atoms with Crippen LogP contribution in [0, 0.1) is 11.3 Å². The molecule has 5 nitrogen and oxygen atoms in total. The van der Waals surface area contributed by atoms with Crippen molar-refractivity contribution in [3.8, 4) is 0 Å². The molecule has 0 radical (unpaired) electrons. The smallest absolute Gasteiger partial charge is 0.229 e. The van der Waals surface area contributed by atoms with E-state index < -0.39 is 15.4 Å². The lowest BCUT2D eigenvalue weighted by Crippen LogP contribution is -2.59. The molecule has 1 amide bonds. The number of likely N-dealkylation sites (tertiary alicyclic amines) is 1. The van der Waals surface area contributed by atoms with E-state index in [1.165, 1.54) is 17.6 Å². The number of halogens is 2. The number of benzene rings is 2. The number of rotatable bonds is 12. The lowest BCUT2D eigenvalue weighted by atomic mass is 9.64. The van der Waals surface area contributed by atoms with Crippen LogP contribution in [-0.4, -0.2) is 42.4 Å². The minimum Gasteiger partial charge on any atom is -0.330 e. The number of nitrogens with zero attached hydrogens (tertiary/aromatic N) is 2. The Morgan fingerprint density at radius 1 is 1.10 bits per heavy atom. The van der Waals surface area contributed by atoms with Crippen LogP contribution in [0.2, 0.25) is 10.0 Å². The number of thiophene rings is 1. The maximum absolute atomic E-state index is 14.9. The summed E-state index contributed by atoms with van der Waals surface area (Å²) in [6, 6.07) is 19.0. The second-order valence-electron chi connectivity index (χ2n) is 11.7. The lowest BCUT2D eigenvalue weighted by Gasteiger charge is -2.53. The summed E-state index contributed by atoms with van der Waals surface area (Å²) in [4.78, 5) is 18.0. The van der Waals surface area contributed by atoms with E-state index in [1.807, 2.05) is 66.1 Å². The first-order chi connectivity index (χ1) is 20.1. The van der Waals surface area contributed by atoms with Gasteiger partial charge in [0.2, 0.25) is 15.9 Å². The molecule has 2 aromatic carbocycles. The van der Waals surface area contributed by atoms with Gasteiger partial charge in [0.15, 0.2) is 0 Å². The molecule has 2 fully saturated rings.